The molecule has 2 amide bonds. The van der Waals surface area contributed by atoms with E-state index in [0.29, 0.717) is 38.6 Å². The Balaban J connectivity index is 1.48. The third-order valence-electron chi connectivity index (χ3n) is 5.10. The molecule has 2 aromatic carbocycles. The number of morpholine rings is 1. The van der Waals surface area contributed by atoms with Crippen molar-refractivity contribution in [1.82, 2.24) is 4.90 Å². The number of nitrogens with one attached hydrogen (secondary N) is 1. The first kappa shape index (κ1) is 19.3. The van der Waals surface area contributed by atoms with E-state index in [-0.39, 0.29) is 18.4 Å². The van der Waals surface area contributed by atoms with E-state index in [0.717, 1.165) is 16.9 Å². The lowest BCUT2D eigenvalue weighted by Gasteiger charge is -2.38. The largest absolute Gasteiger partial charge is 0.477 e. The Labute approximate surface area is 170 Å². The normalized spacial score (nSPS) is 18.6. The Morgan fingerprint density at radius 2 is 1.90 bits per heavy atom. The number of rotatable bonds is 4. The molecule has 0 aliphatic carbocycles. The van der Waals surface area contributed by atoms with Gasteiger partial charge in [0.2, 0.25) is 5.91 Å². The van der Waals surface area contributed by atoms with E-state index in [1.807, 2.05) is 60.4 Å². The summed E-state index contributed by atoms with van der Waals surface area (Å²) < 4.78 is 11.3. The van der Waals surface area contributed by atoms with Crippen LogP contribution < -0.4 is 15.0 Å². The van der Waals surface area contributed by atoms with Crippen LogP contribution in [0.3, 0.4) is 0 Å². The SMILES string of the molecule is Cc1cccc(NC(=O)CN2C[C@H](C(=O)N3CCOCC3)Oc3ccccc32)c1. The first-order valence-electron chi connectivity index (χ1n) is 9.84. The molecule has 0 aromatic heterocycles. The molecule has 1 N–H and O–H groups in total. The van der Waals surface area contributed by atoms with E-state index < -0.39 is 6.10 Å². The predicted molar refractivity (Wildman–Crippen MR) is 110 cm³/mol. The van der Waals surface area contributed by atoms with E-state index >= 15 is 0 Å². The van der Waals surface area contributed by atoms with Crippen LogP contribution in [0.4, 0.5) is 11.4 Å². The standard InChI is InChI=1S/C22H25N3O4/c1-16-5-4-6-17(13-16)23-21(26)15-25-14-20(22(27)24-9-11-28-12-10-24)29-19-8-3-2-7-18(19)25/h2-8,13,20H,9-12,14-15H2,1H3,(H,23,26)/t20-/m1/s1. The van der Waals surface area contributed by atoms with Gasteiger partial charge in [0.25, 0.3) is 5.91 Å². The predicted octanol–water partition coefficient (Wildman–Crippen LogP) is 2.06. The maximum Gasteiger partial charge on any atom is 0.265 e. The van der Waals surface area contributed by atoms with Crippen LogP contribution in [-0.4, -0.2) is 62.2 Å². The maximum atomic E-state index is 12.9. The van der Waals surface area contributed by atoms with Gasteiger partial charge in [-0.25, -0.2) is 0 Å². The third kappa shape index (κ3) is 4.51. The summed E-state index contributed by atoms with van der Waals surface area (Å²) in [6, 6.07) is 15.2. The van der Waals surface area contributed by atoms with Crippen LogP contribution in [0.2, 0.25) is 0 Å². The summed E-state index contributed by atoms with van der Waals surface area (Å²) in [6.45, 7) is 4.66. The molecule has 2 heterocycles. The van der Waals surface area contributed by atoms with Crippen LogP contribution >= 0.6 is 0 Å². The van der Waals surface area contributed by atoms with Crippen LogP contribution in [-0.2, 0) is 14.3 Å². The van der Waals surface area contributed by atoms with Crippen molar-refractivity contribution in [2.75, 3.05) is 49.6 Å². The molecule has 0 spiro atoms. The molecular formula is C22H25N3O4. The van der Waals surface area contributed by atoms with Gasteiger partial charge in [-0.15, -0.1) is 0 Å². The molecule has 4 rings (SSSR count). The first-order valence-corrected chi connectivity index (χ1v) is 9.84. The van der Waals surface area contributed by atoms with E-state index in [4.69, 9.17) is 9.47 Å². The number of aryl methyl sites for hydroxylation is 1. The van der Waals surface area contributed by atoms with E-state index in [1.54, 1.807) is 4.90 Å². The van der Waals surface area contributed by atoms with Crippen molar-refractivity contribution in [2.24, 2.45) is 0 Å². The second kappa shape index (κ2) is 8.53. The number of amides is 2. The number of fused-ring (bicyclic) bond motifs is 1. The van der Waals surface area contributed by atoms with Gasteiger partial charge in [-0.1, -0.05) is 24.3 Å². The van der Waals surface area contributed by atoms with Gasteiger partial charge < -0.3 is 24.6 Å². The maximum absolute atomic E-state index is 12.9. The number of carbonyl (C=O) groups excluding carboxylic acids is 2. The Morgan fingerprint density at radius 3 is 2.69 bits per heavy atom. The number of para-hydroxylation sites is 2. The Kier molecular flexibility index (Phi) is 5.67. The Hall–Kier alpha value is -3.06. The van der Waals surface area contributed by atoms with Crippen LogP contribution in [0.25, 0.3) is 0 Å². The van der Waals surface area contributed by atoms with Crippen molar-refractivity contribution in [2.45, 2.75) is 13.0 Å². The number of benzene rings is 2. The molecule has 152 valence electrons. The van der Waals surface area contributed by atoms with Crippen LogP contribution in [0.5, 0.6) is 5.75 Å². The molecule has 7 nitrogen and oxygen atoms in total. The topological polar surface area (TPSA) is 71.1 Å². The van der Waals surface area contributed by atoms with Gasteiger partial charge in [0.15, 0.2) is 6.10 Å². The van der Waals surface area contributed by atoms with Crippen molar-refractivity contribution in [3.8, 4) is 5.75 Å². The average Bonchev–Trinajstić information content (AvgIpc) is 2.73. The van der Waals surface area contributed by atoms with Gasteiger partial charge in [-0.05, 0) is 36.8 Å². The molecule has 0 saturated carbocycles. The summed E-state index contributed by atoms with van der Waals surface area (Å²) in [5.74, 6) is 0.422. The highest BCUT2D eigenvalue weighted by molar-refractivity contribution is 5.95. The number of hydrogen-bond acceptors (Lipinski definition) is 5. The summed E-state index contributed by atoms with van der Waals surface area (Å²) in [5.41, 5.74) is 2.66. The lowest BCUT2D eigenvalue weighted by atomic mass is 10.1. The zero-order valence-electron chi connectivity index (χ0n) is 16.5. The lowest BCUT2D eigenvalue weighted by Crippen LogP contribution is -2.53. The van der Waals surface area contributed by atoms with Gasteiger partial charge in [0.1, 0.15) is 5.75 Å². The molecule has 7 heteroatoms. The van der Waals surface area contributed by atoms with Gasteiger partial charge in [0.05, 0.1) is 32.0 Å². The summed E-state index contributed by atoms with van der Waals surface area (Å²) in [6.07, 6.45) is -0.644. The number of carbonyl (C=O) groups is 2. The molecule has 2 aliphatic rings. The lowest BCUT2D eigenvalue weighted by molar-refractivity contribution is -0.142. The molecule has 1 saturated heterocycles. The fourth-order valence-corrected chi connectivity index (χ4v) is 3.67. The number of ether oxygens (including phenoxy) is 2. The van der Waals surface area contributed by atoms with Gasteiger partial charge in [-0.3, -0.25) is 9.59 Å². The van der Waals surface area contributed by atoms with Crippen molar-refractivity contribution in [3.05, 3.63) is 54.1 Å². The number of hydrogen-bond donors (Lipinski definition) is 1. The van der Waals surface area contributed by atoms with Crippen molar-refractivity contribution >= 4 is 23.2 Å². The van der Waals surface area contributed by atoms with Crippen molar-refractivity contribution < 1.29 is 19.1 Å². The molecule has 0 bridgehead atoms. The highest BCUT2D eigenvalue weighted by Crippen LogP contribution is 2.33. The van der Waals surface area contributed by atoms with E-state index in [1.165, 1.54) is 0 Å². The molecule has 0 unspecified atom stereocenters. The van der Waals surface area contributed by atoms with Crippen molar-refractivity contribution in [1.29, 1.82) is 0 Å². The molecule has 1 fully saturated rings. The minimum Gasteiger partial charge on any atom is -0.477 e. The molecule has 2 aromatic rings. The molecule has 0 radical (unpaired) electrons. The van der Waals surface area contributed by atoms with Gasteiger partial charge >= 0.3 is 0 Å². The molecule has 29 heavy (non-hydrogen) atoms. The monoisotopic (exact) mass is 395 g/mol. The second-order valence-electron chi connectivity index (χ2n) is 7.31. The number of anilines is 2. The van der Waals surface area contributed by atoms with Gasteiger partial charge in [-0.2, -0.15) is 0 Å². The van der Waals surface area contributed by atoms with Crippen molar-refractivity contribution in [3.63, 3.8) is 0 Å². The molecular weight excluding hydrogens is 370 g/mol. The smallest absolute Gasteiger partial charge is 0.265 e. The highest BCUT2D eigenvalue weighted by atomic mass is 16.5. The zero-order valence-corrected chi connectivity index (χ0v) is 16.5. The minimum absolute atomic E-state index is 0.0631. The summed E-state index contributed by atoms with van der Waals surface area (Å²) in [7, 11) is 0. The summed E-state index contributed by atoms with van der Waals surface area (Å²) in [5, 5.41) is 2.93. The highest BCUT2D eigenvalue weighted by Gasteiger charge is 2.34. The fourth-order valence-electron chi connectivity index (χ4n) is 3.67. The minimum atomic E-state index is -0.644. The van der Waals surface area contributed by atoms with Crippen LogP contribution in [0.1, 0.15) is 5.56 Å². The fraction of sp³-hybridized carbons (Fsp3) is 0.364. The van der Waals surface area contributed by atoms with Gasteiger partial charge in [0, 0.05) is 18.8 Å². The summed E-state index contributed by atoms with van der Waals surface area (Å²) in [4.78, 5) is 29.3. The Morgan fingerprint density at radius 1 is 1.10 bits per heavy atom. The number of nitrogens with zero attached hydrogens (tertiary/aromatic N) is 2. The van der Waals surface area contributed by atoms with E-state index in [9.17, 15) is 9.59 Å². The molecule has 2 aliphatic heterocycles. The molecule has 1 atom stereocenters. The third-order valence-corrected chi connectivity index (χ3v) is 5.10. The van der Waals surface area contributed by atoms with E-state index in [2.05, 4.69) is 5.32 Å². The quantitative estimate of drug-likeness (QED) is 0.858. The Bertz CT molecular complexity index is 895. The van der Waals surface area contributed by atoms with Crippen LogP contribution in [0.15, 0.2) is 48.5 Å². The zero-order chi connectivity index (χ0) is 20.2. The first-order chi connectivity index (χ1) is 14.1. The van der Waals surface area contributed by atoms with Crippen LogP contribution in [0, 0.1) is 6.92 Å². The average molecular weight is 395 g/mol. The second-order valence-corrected chi connectivity index (χ2v) is 7.31. The summed E-state index contributed by atoms with van der Waals surface area (Å²) >= 11 is 0.